The first-order chi connectivity index (χ1) is 15.3. The molecule has 164 valence electrons. The van der Waals surface area contributed by atoms with Crippen LogP contribution in [0.15, 0.2) is 72.0 Å². The van der Waals surface area contributed by atoms with Crippen molar-refractivity contribution < 1.29 is 22.7 Å². The van der Waals surface area contributed by atoms with Gasteiger partial charge in [-0.05, 0) is 48.5 Å². The topological polar surface area (TPSA) is 68.5 Å². The molecule has 1 amide bonds. The number of alkyl halides is 3. The maximum absolute atomic E-state index is 12.8. The van der Waals surface area contributed by atoms with Gasteiger partial charge >= 0.3 is 6.18 Å². The number of nitrogens with one attached hydrogen (secondary N) is 1. The molecule has 2 aromatic carbocycles. The van der Waals surface area contributed by atoms with Crippen LogP contribution in [0.5, 0.6) is 5.75 Å². The number of benzene rings is 2. The Morgan fingerprint density at radius 2 is 1.94 bits per heavy atom. The highest BCUT2D eigenvalue weighted by molar-refractivity contribution is 8.00. The number of rotatable bonds is 6. The van der Waals surface area contributed by atoms with Gasteiger partial charge in [-0.15, -0.1) is 0 Å². The lowest BCUT2D eigenvalue weighted by atomic mass is 10.1. The van der Waals surface area contributed by atoms with Crippen LogP contribution < -0.4 is 10.1 Å². The largest absolute Gasteiger partial charge is 0.497 e. The van der Waals surface area contributed by atoms with Gasteiger partial charge in [-0.3, -0.25) is 4.79 Å². The van der Waals surface area contributed by atoms with Crippen LogP contribution in [0.2, 0.25) is 0 Å². The predicted octanol–water partition coefficient (Wildman–Crippen LogP) is 5.15. The van der Waals surface area contributed by atoms with Crippen molar-refractivity contribution in [2.45, 2.75) is 11.2 Å². The van der Waals surface area contributed by atoms with Crippen LogP contribution in [0.3, 0.4) is 0 Å². The zero-order chi connectivity index (χ0) is 22.7. The third-order valence-electron chi connectivity index (χ3n) is 4.55. The van der Waals surface area contributed by atoms with Crippen molar-refractivity contribution in [1.29, 1.82) is 0 Å². The van der Waals surface area contributed by atoms with E-state index in [0.717, 1.165) is 34.7 Å². The highest BCUT2D eigenvalue weighted by Crippen LogP contribution is 2.31. The Hall–Kier alpha value is -3.53. The minimum Gasteiger partial charge on any atom is -0.497 e. The molecule has 0 saturated carbocycles. The molecule has 0 bridgehead atoms. The lowest BCUT2D eigenvalue weighted by Gasteiger charge is -2.09. The van der Waals surface area contributed by atoms with Gasteiger partial charge in [0.05, 0.1) is 29.6 Å². The molecule has 2 heterocycles. The van der Waals surface area contributed by atoms with Crippen molar-refractivity contribution in [2.24, 2.45) is 0 Å². The summed E-state index contributed by atoms with van der Waals surface area (Å²) in [6.07, 6.45) is -1.20. The van der Waals surface area contributed by atoms with Gasteiger partial charge in [-0.1, -0.05) is 17.8 Å². The van der Waals surface area contributed by atoms with Gasteiger partial charge in [0.25, 0.3) is 0 Å². The first-order valence-corrected chi connectivity index (χ1v) is 10.4. The average Bonchev–Trinajstić information content (AvgIpc) is 3.22. The van der Waals surface area contributed by atoms with E-state index in [9.17, 15) is 18.0 Å². The summed E-state index contributed by atoms with van der Waals surface area (Å²) in [6, 6.07) is 13.8. The van der Waals surface area contributed by atoms with Crippen molar-refractivity contribution in [3.8, 4) is 17.0 Å². The van der Waals surface area contributed by atoms with E-state index >= 15 is 0 Å². The highest BCUT2D eigenvalue weighted by atomic mass is 32.2. The summed E-state index contributed by atoms with van der Waals surface area (Å²) >= 11 is 1.18. The van der Waals surface area contributed by atoms with Crippen molar-refractivity contribution in [2.75, 3.05) is 18.2 Å². The highest BCUT2D eigenvalue weighted by Gasteiger charge is 2.30. The molecule has 0 aliphatic heterocycles. The maximum Gasteiger partial charge on any atom is 0.416 e. The van der Waals surface area contributed by atoms with Gasteiger partial charge in [0.1, 0.15) is 10.8 Å². The number of aromatic nitrogens is 3. The number of amides is 1. The summed E-state index contributed by atoms with van der Waals surface area (Å²) in [6.45, 7) is 0. The third kappa shape index (κ3) is 4.86. The summed E-state index contributed by atoms with van der Waals surface area (Å²) < 4.78 is 45.4. The molecule has 32 heavy (non-hydrogen) atoms. The number of ether oxygens (including phenoxy) is 1. The number of anilines is 1. The van der Waals surface area contributed by atoms with Crippen LogP contribution in [-0.2, 0) is 11.0 Å². The normalized spacial score (nSPS) is 11.5. The van der Waals surface area contributed by atoms with Crippen LogP contribution >= 0.6 is 11.8 Å². The molecule has 0 atom stereocenters. The van der Waals surface area contributed by atoms with Gasteiger partial charge < -0.3 is 10.1 Å². The molecular weight excluding hydrogens is 441 g/mol. The molecule has 0 radical (unpaired) electrons. The fourth-order valence-corrected chi connectivity index (χ4v) is 3.79. The van der Waals surface area contributed by atoms with E-state index < -0.39 is 17.6 Å². The molecule has 1 N–H and O–H groups in total. The number of halogens is 3. The Bertz CT molecular complexity index is 1260. The SMILES string of the molecule is COc1ccc(-c2cc3c(SCC(=O)Nc4cccc(C(F)(F)F)c4)nccn3n2)cc1. The lowest BCUT2D eigenvalue weighted by Crippen LogP contribution is -2.15. The summed E-state index contributed by atoms with van der Waals surface area (Å²) in [7, 11) is 1.60. The molecular formula is C22H17F3N4O2S. The maximum atomic E-state index is 12.8. The van der Waals surface area contributed by atoms with Crippen LogP contribution in [0, 0.1) is 0 Å². The molecule has 0 unspecified atom stereocenters. The smallest absolute Gasteiger partial charge is 0.416 e. The number of carbonyl (C=O) groups excluding carboxylic acids is 1. The lowest BCUT2D eigenvalue weighted by molar-refractivity contribution is -0.137. The number of carbonyl (C=O) groups is 1. The number of nitrogens with zero attached hydrogens (tertiary/aromatic N) is 3. The number of fused-ring (bicyclic) bond motifs is 1. The van der Waals surface area contributed by atoms with E-state index in [1.54, 1.807) is 24.0 Å². The average molecular weight is 458 g/mol. The van der Waals surface area contributed by atoms with E-state index in [1.165, 1.54) is 23.9 Å². The van der Waals surface area contributed by atoms with E-state index in [0.29, 0.717) is 5.03 Å². The number of hydrogen-bond acceptors (Lipinski definition) is 5. The molecule has 4 aromatic rings. The third-order valence-corrected chi connectivity index (χ3v) is 5.55. The Balaban J connectivity index is 1.47. The Morgan fingerprint density at radius 3 is 2.66 bits per heavy atom. The Morgan fingerprint density at radius 1 is 1.16 bits per heavy atom. The summed E-state index contributed by atoms with van der Waals surface area (Å²) in [5, 5.41) is 7.62. The fraction of sp³-hybridized carbons (Fsp3) is 0.136. The zero-order valence-electron chi connectivity index (χ0n) is 16.8. The zero-order valence-corrected chi connectivity index (χ0v) is 17.6. The summed E-state index contributed by atoms with van der Waals surface area (Å²) in [5.74, 6) is 0.279. The van der Waals surface area contributed by atoms with Crippen LogP contribution in [0.1, 0.15) is 5.56 Å². The monoisotopic (exact) mass is 458 g/mol. The first-order valence-electron chi connectivity index (χ1n) is 9.42. The van der Waals surface area contributed by atoms with E-state index in [-0.39, 0.29) is 11.4 Å². The van der Waals surface area contributed by atoms with Gasteiger partial charge in [0.2, 0.25) is 5.91 Å². The van der Waals surface area contributed by atoms with Gasteiger partial charge in [-0.2, -0.15) is 18.3 Å². The van der Waals surface area contributed by atoms with Crippen molar-refractivity contribution in [3.05, 3.63) is 72.6 Å². The molecule has 10 heteroatoms. The van der Waals surface area contributed by atoms with Gasteiger partial charge in [0, 0.05) is 23.6 Å². The van der Waals surface area contributed by atoms with Crippen LogP contribution in [0.25, 0.3) is 16.8 Å². The van der Waals surface area contributed by atoms with Crippen LogP contribution in [0.4, 0.5) is 18.9 Å². The molecule has 6 nitrogen and oxygen atoms in total. The minimum absolute atomic E-state index is 0.0219. The quantitative estimate of drug-likeness (QED) is 0.405. The first kappa shape index (κ1) is 21.7. The second-order valence-corrected chi connectivity index (χ2v) is 7.70. The number of thioether (sulfide) groups is 1. The molecule has 0 saturated heterocycles. The van der Waals surface area contributed by atoms with E-state index in [1.807, 2.05) is 30.3 Å². The van der Waals surface area contributed by atoms with E-state index in [4.69, 9.17) is 4.74 Å². The second-order valence-electron chi connectivity index (χ2n) is 6.74. The van der Waals surface area contributed by atoms with E-state index in [2.05, 4.69) is 15.4 Å². The molecule has 0 spiro atoms. The second kappa shape index (κ2) is 8.91. The standard InChI is InChI=1S/C22H17F3N4O2S/c1-31-17-7-5-14(6-8-17)18-12-19-21(26-9-10-29(19)28-18)32-13-20(30)27-16-4-2-3-15(11-16)22(23,24)25/h2-12H,13H2,1H3,(H,27,30). The van der Waals surface area contributed by atoms with Crippen molar-refractivity contribution >= 4 is 28.9 Å². The van der Waals surface area contributed by atoms with Crippen LogP contribution in [-0.4, -0.2) is 33.4 Å². The van der Waals surface area contributed by atoms with Gasteiger partial charge in [0.15, 0.2) is 0 Å². The Labute approximate surface area is 185 Å². The molecule has 2 aromatic heterocycles. The van der Waals surface area contributed by atoms with Crippen molar-refractivity contribution in [1.82, 2.24) is 14.6 Å². The van der Waals surface area contributed by atoms with Crippen molar-refractivity contribution in [3.63, 3.8) is 0 Å². The molecule has 0 aliphatic rings. The molecule has 0 fully saturated rings. The minimum atomic E-state index is -4.47. The molecule has 4 rings (SSSR count). The predicted molar refractivity (Wildman–Crippen MR) is 116 cm³/mol. The number of hydrogen-bond donors (Lipinski definition) is 1. The fourth-order valence-electron chi connectivity index (χ4n) is 3.02. The summed E-state index contributed by atoms with van der Waals surface area (Å²) in [4.78, 5) is 16.6. The van der Waals surface area contributed by atoms with Gasteiger partial charge in [-0.25, -0.2) is 9.50 Å². The molecule has 0 aliphatic carbocycles. The number of methoxy groups -OCH3 is 1. The summed E-state index contributed by atoms with van der Waals surface area (Å²) in [5.41, 5.74) is 1.61. The Kier molecular flexibility index (Phi) is 6.04.